The van der Waals surface area contributed by atoms with Crippen molar-refractivity contribution < 1.29 is 9.59 Å². The minimum Gasteiger partial charge on any atom is -0.368 e. The molecule has 30 heavy (non-hydrogen) atoms. The zero-order valence-corrected chi connectivity index (χ0v) is 17.5. The number of nitrogens with two attached hydrogens (primary N) is 2. The number of fused-ring (bicyclic) bond motifs is 1. The molecule has 7 nitrogen and oxygen atoms in total. The van der Waals surface area contributed by atoms with Gasteiger partial charge in [0, 0.05) is 27.2 Å². The van der Waals surface area contributed by atoms with Crippen LogP contribution in [0.15, 0.2) is 48.5 Å². The van der Waals surface area contributed by atoms with Gasteiger partial charge in [0.25, 0.3) is 5.91 Å². The Labute approximate surface area is 184 Å². The van der Waals surface area contributed by atoms with Crippen molar-refractivity contribution in [2.75, 3.05) is 11.1 Å². The second-order valence-electron chi connectivity index (χ2n) is 6.28. The van der Waals surface area contributed by atoms with Crippen LogP contribution in [0.2, 0.25) is 10.0 Å². The fraction of sp³-hybridized carbons (Fsp3) is 0. The number of thiophene rings is 1. The molecule has 2 heterocycles. The summed E-state index contributed by atoms with van der Waals surface area (Å²) in [5, 5.41) is 4.33. The Morgan fingerprint density at radius 3 is 2.40 bits per heavy atom. The minimum absolute atomic E-state index is 0.0689. The maximum Gasteiger partial charge on any atom is 0.265 e. The van der Waals surface area contributed by atoms with E-state index in [2.05, 4.69) is 15.3 Å². The maximum atomic E-state index is 12.7. The highest BCUT2D eigenvalue weighted by Crippen LogP contribution is 2.36. The molecule has 0 radical (unpaired) electrons. The van der Waals surface area contributed by atoms with Gasteiger partial charge in [-0.3, -0.25) is 9.59 Å². The van der Waals surface area contributed by atoms with Crippen molar-refractivity contribution in [1.82, 2.24) is 9.97 Å². The molecule has 2 amide bonds. The molecule has 0 saturated heterocycles. The monoisotopic (exact) mass is 457 g/mol. The zero-order valence-electron chi connectivity index (χ0n) is 15.1. The number of rotatable bonds is 4. The number of benzene rings is 2. The van der Waals surface area contributed by atoms with Crippen molar-refractivity contribution in [1.29, 1.82) is 0 Å². The number of hydrogen-bond donors (Lipinski definition) is 3. The molecule has 0 bridgehead atoms. The van der Waals surface area contributed by atoms with E-state index < -0.39 is 5.91 Å². The quantitative estimate of drug-likeness (QED) is 0.412. The van der Waals surface area contributed by atoms with Gasteiger partial charge in [0.2, 0.25) is 11.9 Å². The standard InChI is InChI=1S/C20H13Cl2N5O2S/c21-10-3-6-12(14(22)7-10)16-13-8-15(30-19(13)27-20(24)26-16)18(29)25-11-4-1-9(2-5-11)17(23)28/h1-8H,(H2,23,28)(H,25,29)(H2,24,26,27). The van der Waals surface area contributed by atoms with Gasteiger partial charge in [-0.25, -0.2) is 9.97 Å². The van der Waals surface area contributed by atoms with Crippen LogP contribution in [0.4, 0.5) is 11.6 Å². The molecule has 0 aliphatic carbocycles. The first-order valence-electron chi connectivity index (χ1n) is 8.55. The molecule has 0 aliphatic rings. The number of halogens is 2. The zero-order chi connectivity index (χ0) is 21.4. The maximum absolute atomic E-state index is 12.7. The van der Waals surface area contributed by atoms with Gasteiger partial charge in [-0.2, -0.15) is 0 Å². The molecule has 0 atom stereocenters. The first kappa shape index (κ1) is 20.1. The van der Waals surface area contributed by atoms with Crippen LogP contribution in [-0.4, -0.2) is 21.8 Å². The Hall–Kier alpha value is -3.20. The van der Waals surface area contributed by atoms with Gasteiger partial charge in [0.05, 0.1) is 15.6 Å². The van der Waals surface area contributed by atoms with Crippen LogP contribution in [0.5, 0.6) is 0 Å². The molecule has 4 aromatic rings. The second-order valence-corrected chi connectivity index (χ2v) is 8.15. The molecule has 4 rings (SSSR count). The molecule has 10 heteroatoms. The number of anilines is 2. The highest BCUT2D eigenvalue weighted by Gasteiger charge is 2.18. The fourth-order valence-electron chi connectivity index (χ4n) is 2.85. The number of primary amides is 1. The number of carbonyl (C=O) groups is 2. The average molecular weight is 458 g/mol. The Bertz CT molecular complexity index is 1300. The lowest BCUT2D eigenvalue weighted by Gasteiger charge is -2.06. The lowest BCUT2D eigenvalue weighted by Crippen LogP contribution is -2.12. The van der Waals surface area contributed by atoms with Crippen LogP contribution in [0.3, 0.4) is 0 Å². The van der Waals surface area contributed by atoms with Crippen molar-refractivity contribution in [3.8, 4) is 11.3 Å². The number of aromatic nitrogens is 2. The molecule has 0 fully saturated rings. The van der Waals surface area contributed by atoms with E-state index in [0.29, 0.717) is 47.6 Å². The van der Waals surface area contributed by atoms with Crippen molar-refractivity contribution >= 4 is 68.2 Å². The average Bonchev–Trinajstić information content (AvgIpc) is 3.12. The number of hydrogen-bond acceptors (Lipinski definition) is 6. The third kappa shape index (κ3) is 3.93. The van der Waals surface area contributed by atoms with E-state index in [1.165, 1.54) is 23.5 Å². The number of nitrogens with zero attached hydrogens (tertiary/aromatic N) is 2. The van der Waals surface area contributed by atoms with E-state index in [0.717, 1.165) is 0 Å². The van der Waals surface area contributed by atoms with Crippen molar-refractivity contribution in [3.63, 3.8) is 0 Å². The van der Waals surface area contributed by atoms with E-state index in [-0.39, 0.29) is 11.9 Å². The molecular weight excluding hydrogens is 445 g/mol. The SMILES string of the molecule is NC(=O)c1ccc(NC(=O)c2cc3c(-c4ccc(Cl)cc4Cl)nc(N)nc3s2)cc1. The molecule has 0 unspecified atom stereocenters. The van der Waals surface area contributed by atoms with Crippen LogP contribution in [-0.2, 0) is 0 Å². The van der Waals surface area contributed by atoms with Crippen molar-refractivity contribution in [2.24, 2.45) is 5.73 Å². The summed E-state index contributed by atoms with van der Waals surface area (Å²) in [4.78, 5) is 33.4. The Balaban J connectivity index is 1.71. The van der Waals surface area contributed by atoms with E-state index in [1.807, 2.05) is 0 Å². The lowest BCUT2D eigenvalue weighted by atomic mass is 10.1. The van der Waals surface area contributed by atoms with Crippen LogP contribution < -0.4 is 16.8 Å². The predicted octanol–water partition coefficient (Wildman–Crippen LogP) is 4.60. The Kier molecular flexibility index (Phi) is 5.29. The van der Waals surface area contributed by atoms with Crippen LogP contribution in [0.1, 0.15) is 20.0 Å². The molecular formula is C20H13Cl2N5O2S. The number of amides is 2. The summed E-state index contributed by atoms with van der Waals surface area (Å²) in [7, 11) is 0. The van der Waals surface area contributed by atoms with E-state index in [9.17, 15) is 9.59 Å². The minimum atomic E-state index is -0.540. The molecule has 0 aliphatic heterocycles. The van der Waals surface area contributed by atoms with Gasteiger partial charge < -0.3 is 16.8 Å². The molecule has 0 saturated carbocycles. The highest BCUT2D eigenvalue weighted by molar-refractivity contribution is 7.20. The second kappa shape index (κ2) is 7.91. The van der Waals surface area contributed by atoms with E-state index in [4.69, 9.17) is 34.7 Å². The first-order valence-corrected chi connectivity index (χ1v) is 10.1. The van der Waals surface area contributed by atoms with Crippen molar-refractivity contribution in [3.05, 3.63) is 69.0 Å². The predicted molar refractivity (Wildman–Crippen MR) is 120 cm³/mol. The van der Waals surface area contributed by atoms with Gasteiger partial charge in [-0.15, -0.1) is 11.3 Å². The number of carbonyl (C=O) groups excluding carboxylic acids is 2. The summed E-state index contributed by atoms with van der Waals surface area (Å²) < 4.78 is 0. The molecule has 5 N–H and O–H groups in total. The van der Waals surface area contributed by atoms with Gasteiger partial charge in [0.1, 0.15) is 4.83 Å². The highest BCUT2D eigenvalue weighted by atomic mass is 35.5. The normalized spacial score (nSPS) is 10.9. The van der Waals surface area contributed by atoms with Gasteiger partial charge in [0.15, 0.2) is 0 Å². The Morgan fingerprint density at radius 1 is 1.00 bits per heavy atom. The summed E-state index contributed by atoms with van der Waals surface area (Å²) in [5.74, 6) is -0.808. The number of nitrogen functional groups attached to an aromatic ring is 1. The molecule has 0 spiro atoms. The van der Waals surface area contributed by atoms with Crippen LogP contribution in [0.25, 0.3) is 21.5 Å². The van der Waals surface area contributed by atoms with Crippen molar-refractivity contribution in [2.45, 2.75) is 0 Å². The smallest absolute Gasteiger partial charge is 0.265 e. The number of nitrogens with one attached hydrogen (secondary N) is 1. The van der Waals surface area contributed by atoms with Gasteiger partial charge in [-0.1, -0.05) is 23.2 Å². The van der Waals surface area contributed by atoms with E-state index >= 15 is 0 Å². The molecule has 2 aromatic heterocycles. The Morgan fingerprint density at radius 2 is 1.73 bits per heavy atom. The topological polar surface area (TPSA) is 124 Å². The summed E-state index contributed by atoms with van der Waals surface area (Å²) in [6.07, 6.45) is 0. The summed E-state index contributed by atoms with van der Waals surface area (Å²) in [6, 6.07) is 13.0. The summed E-state index contributed by atoms with van der Waals surface area (Å²) in [5.41, 5.74) is 13.1. The lowest BCUT2D eigenvalue weighted by molar-refractivity contribution is 0.0998. The van der Waals surface area contributed by atoms with Gasteiger partial charge >= 0.3 is 0 Å². The van der Waals surface area contributed by atoms with Gasteiger partial charge in [-0.05, 0) is 48.5 Å². The van der Waals surface area contributed by atoms with Crippen LogP contribution in [0, 0.1) is 0 Å². The summed E-state index contributed by atoms with van der Waals surface area (Å²) in [6.45, 7) is 0. The largest absolute Gasteiger partial charge is 0.368 e. The van der Waals surface area contributed by atoms with E-state index in [1.54, 1.807) is 36.4 Å². The molecule has 2 aromatic carbocycles. The molecule has 150 valence electrons. The third-order valence-corrected chi connectivity index (χ3v) is 5.82. The van der Waals surface area contributed by atoms with Crippen LogP contribution >= 0.6 is 34.5 Å². The first-order chi connectivity index (χ1) is 14.3. The fourth-order valence-corrected chi connectivity index (χ4v) is 4.28. The third-order valence-electron chi connectivity index (χ3n) is 4.25. The summed E-state index contributed by atoms with van der Waals surface area (Å²) >= 11 is 13.5.